The average Bonchev–Trinajstić information content (AvgIpc) is 3.28. The number of ether oxygens (including phenoxy) is 1. The summed E-state index contributed by atoms with van der Waals surface area (Å²) in [6, 6.07) is 7.26. The third-order valence-electron chi connectivity index (χ3n) is 3.80. The molecule has 1 aromatic carbocycles. The molecule has 0 aliphatic carbocycles. The van der Waals surface area contributed by atoms with E-state index in [1.54, 1.807) is 25.1 Å². The lowest BCUT2D eigenvalue weighted by atomic mass is 10.2. The molecule has 2 heterocycles. The number of alkyl halides is 3. The Bertz CT molecular complexity index is 1250. The molecule has 32 heavy (non-hydrogen) atoms. The van der Waals surface area contributed by atoms with Gasteiger partial charge in [0.05, 0.1) is 0 Å². The number of halogens is 3. The third kappa shape index (κ3) is 6.11. The first-order valence-electron chi connectivity index (χ1n) is 8.83. The van der Waals surface area contributed by atoms with Gasteiger partial charge in [0.15, 0.2) is 5.76 Å². The van der Waals surface area contributed by atoms with Gasteiger partial charge in [0.25, 0.3) is 10.0 Å². The maximum atomic E-state index is 12.6. The molecule has 3 aromatic rings. The Balaban J connectivity index is 1.72. The van der Waals surface area contributed by atoms with E-state index in [9.17, 15) is 26.4 Å². The van der Waals surface area contributed by atoms with E-state index in [0.29, 0.717) is 22.0 Å². The normalized spacial score (nSPS) is 12.2. The number of sulfonamides is 1. The molecule has 0 aliphatic rings. The maximum absolute atomic E-state index is 12.6. The van der Waals surface area contributed by atoms with Crippen LogP contribution in [0.2, 0.25) is 0 Å². The number of carbonyl (C=O) groups is 1. The number of amides is 1. The van der Waals surface area contributed by atoms with Crippen LogP contribution in [-0.4, -0.2) is 25.8 Å². The molecule has 0 radical (unpaired) electrons. The minimum atomic E-state index is -4.84. The van der Waals surface area contributed by atoms with Crippen LogP contribution in [0.15, 0.2) is 45.1 Å². The second-order valence-electron chi connectivity index (χ2n) is 6.36. The standard InChI is InChI=1S/C19H16F3N3O5S2/c1-11-18(23-12(2)26)16(30-24-11)9-7-15-8-10-17(31-15)32(27,28)25-13-3-5-14(6-4-13)29-19(20,21)22/h3-10,25H,1-2H3,(H,23,26). The highest BCUT2D eigenvalue weighted by atomic mass is 32.2. The van der Waals surface area contributed by atoms with Crippen molar-refractivity contribution in [2.24, 2.45) is 0 Å². The SMILES string of the molecule is CC(=O)Nc1c(C)noc1C=Cc1ccc(S(=O)(=O)Nc2ccc(OC(F)(F)F)cc2)s1. The molecule has 3 rings (SSSR count). The second kappa shape index (κ2) is 9.04. The molecular formula is C19H16F3N3O5S2. The zero-order valence-corrected chi connectivity index (χ0v) is 18.2. The Labute approximate surface area is 184 Å². The monoisotopic (exact) mass is 487 g/mol. The number of nitrogens with zero attached hydrogens (tertiary/aromatic N) is 1. The first kappa shape index (κ1) is 23.3. The molecule has 0 unspecified atom stereocenters. The lowest BCUT2D eigenvalue weighted by Gasteiger charge is -2.10. The first-order valence-corrected chi connectivity index (χ1v) is 11.1. The molecule has 0 fully saturated rings. The van der Waals surface area contributed by atoms with Gasteiger partial charge in [-0.05, 0) is 55.5 Å². The van der Waals surface area contributed by atoms with Crippen molar-refractivity contribution in [3.05, 3.63) is 52.7 Å². The van der Waals surface area contributed by atoms with Crippen molar-refractivity contribution < 1.29 is 35.6 Å². The minimum Gasteiger partial charge on any atom is -0.406 e. The summed E-state index contributed by atoms with van der Waals surface area (Å²) in [6.45, 7) is 3.01. The van der Waals surface area contributed by atoms with Gasteiger partial charge in [-0.25, -0.2) is 8.42 Å². The van der Waals surface area contributed by atoms with E-state index < -0.39 is 22.1 Å². The van der Waals surface area contributed by atoms with Crippen LogP contribution in [0.25, 0.3) is 12.2 Å². The van der Waals surface area contributed by atoms with E-state index in [0.717, 1.165) is 35.6 Å². The van der Waals surface area contributed by atoms with Crippen molar-refractivity contribution in [1.82, 2.24) is 5.16 Å². The number of thiophene rings is 1. The second-order valence-corrected chi connectivity index (χ2v) is 9.38. The van der Waals surface area contributed by atoms with Gasteiger partial charge in [-0.15, -0.1) is 24.5 Å². The quantitative estimate of drug-likeness (QED) is 0.492. The predicted octanol–water partition coefficient (Wildman–Crippen LogP) is 4.87. The Hall–Kier alpha value is -3.32. The molecule has 0 bridgehead atoms. The number of carbonyl (C=O) groups excluding carboxylic acids is 1. The summed E-state index contributed by atoms with van der Waals surface area (Å²) in [5.41, 5.74) is 0.977. The van der Waals surface area contributed by atoms with Gasteiger partial charge in [-0.1, -0.05) is 5.16 Å². The van der Waals surface area contributed by atoms with E-state index in [-0.39, 0.29) is 15.8 Å². The highest BCUT2D eigenvalue weighted by Gasteiger charge is 2.31. The van der Waals surface area contributed by atoms with Gasteiger partial charge in [0.2, 0.25) is 5.91 Å². The number of anilines is 2. The Kier molecular flexibility index (Phi) is 6.60. The number of hydrogen-bond donors (Lipinski definition) is 2. The largest absolute Gasteiger partial charge is 0.573 e. The molecule has 0 saturated carbocycles. The molecule has 170 valence electrons. The number of benzene rings is 1. The van der Waals surface area contributed by atoms with Crippen LogP contribution in [0, 0.1) is 6.92 Å². The summed E-state index contributed by atoms with van der Waals surface area (Å²) in [5, 5.41) is 6.40. The smallest absolute Gasteiger partial charge is 0.406 e. The zero-order chi connectivity index (χ0) is 23.5. The predicted molar refractivity (Wildman–Crippen MR) is 113 cm³/mol. The summed E-state index contributed by atoms with van der Waals surface area (Å²) in [6.07, 6.45) is -1.70. The highest BCUT2D eigenvalue weighted by Crippen LogP contribution is 2.29. The van der Waals surface area contributed by atoms with Gasteiger partial charge in [0.1, 0.15) is 21.3 Å². The number of hydrogen-bond acceptors (Lipinski definition) is 7. The van der Waals surface area contributed by atoms with Crippen molar-refractivity contribution in [1.29, 1.82) is 0 Å². The average molecular weight is 487 g/mol. The molecule has 0 atom stereocenters. The van der Waals surface area contributed by atoms with Gasteiger partial charge < -0.3 is 14.6 Å². The number of nitrogens with one attached hydrogen (secondary N) is 2. The van der Waals surface area contributed by atoms with E-state index >= 15 is 0 Å². The van der Waals surface area contributed by atoms with Crippen LogP contribution in [-0.2, 0) is 14.8 Å². The molecule has 2 N–H and O–H groups in total. The van der Waals surface area contributed by atoms with Gasteiger partial charge in [0, 0.05) is 17.5 Å². The topological polar surface area (TPSA) is 111 Å². The minimum absolute atomic E-state index is 0.0106. The van der Waals surface area contributed by atoms with E-state index in [4.69, 9.17) is 4.52 Å². The molecule has 13 heteroatoms. The maximum Gasteiger partial charge on any atom is 0.573 e. The van der Waals surface area contributed by atoms with Crippen LogP contribution in [0.5, 0.6) is 5.75 Å². The van der Waals surface area contributed by atoms with Crippen LogP contribution < -0.4 is 14.8 Å². The van der Waals surface area contributed by atoms with Crippen LogP contribution in [0.1, 0.15) is 23.3 Å². The molecule has 2 aromatic heterocycles. The highest BCUT2D eigenvalue weighted by molar-refractivity contribution is 7.94. The third-order valence-corrected chi connectivity index (χ3v) is 6.72. The number of rotatable bonds is 7. The van der Waals surface area contributed by atoms with Crippen LogP contribution >= 0.6 is 11.3 Å². The van der Waals surface area contributed by atoms with Crippen molar-refractivity contribution in [2.75, 3.05) is 10.0 Å². The van der Waals surface area contributed by atoms with Gasteiger partial charge in [-0.2, -0.15) is 0 Å². The van der Waals surface area contributed by atoms with E-state index in [1.807, 2.05) is 0 Å². The van der Waals surface area contributed by atoms with E-state index in [1.165, 1.54) is 13.0 Å². The summed E-state index contributed by atoms with van der Waals surface area (Å²) < 4.78 is 73.0. The fraction of sp³-hybridized carbons (Fsp3) is 0.158. The van der Waals surface area contributed by atoms with Crippen molar-refractivity contribution in [2.45, 2.75) is 24.4 Å². The van der Waals surface area contributed by atoms with Gasteiger partial charge >= 0.3 is 6.36 Å². The lowest BCUT2D eigenvalue weighted by molar-refractivity contribution is -0.274. The van der Waals surface area contributed by atoms with E-state index in [2.05, 4.69) is 19.9 Å². The number of aromatic nitrogens is 1. The fourth-order valence-corrected chi connectivity index (χ4v) is 4.77. The van der Waals surface area contributed by atoms with Crippen LogP contribution in [0.3, 0.4) is 0 Å². The lowest BCUT2D eigenvalue weighted by Crippen LogP contribution is -2.17. The zero-order valence-electron chi connectivity index (χ0n) is 16.6. The van der Waals surface area contributed by atoms with Crippen molar-refractivity contribution in [3.63, 3.8) is 0 Å². The summed E-state index contributed by atoms with van der Waals surface area (Å²) in [4.78, 5) is 11.9. The molecule has 1 amide bonds. The molecular weight excluding hydrogens is 471 g/mol. The molecule has 8 nitrogen and oxygen atoms in total. The number of aryl methyl sites for hydroxylation is 1. The van der Waals surface area contributed by atoms with Crippen molar-refractivity contribution in [3.8, 4) is 5.75 Å². The van der Waals surface area contributed by atoms with Crippen molar-refractivity contribution >= 4 is 50.8 Å². The Morgan fingerprint density at radius 2 is 1.84 bits per heavy atom. The summed E-state index contributed by atoms with van der Waals surface area (Å²) >= 11 is 0.956. The first-order chi connectivity index (χ1) is 14.9. The fourth-order valence-electron chi connectivity index (χ4n) is 2.49. The van der Waals surface area contributed by atoms with Crippen LogP contribution in [0.4, 0.5) is 24.5 Å². The molecule has 0 spiro atoms. The Morgan fingerprint density at radius 1 is 1.16 bits per heavy atom. The Morgan fingerprint density at radius 3 is 2.47 bits per heavy atom. The molecule has 0 aliphatic heterocycles. The van der Waals surface area contributed by atoms with Gasteiger partial charge in [-0.3, -0.25) is 9.52 Å². The summed E-state index contributed by atoms with van der Waals surface area (Å²) in [7, 11) is -3.96. The summed E-state index contributed by atoms with van der Waals surface area (Å²) in [5.74, 6) is -0.459. The molecule has 0 saturated heterocycles.